The molecule has 1 aliphatic rings. The van der Waals surface area contributed by atoms with E-state index < -0.39 is 0 Å². The Bertz CT molecular complexity index is 570. The second-order valence-electron chi connectivity index (χ2n) is 5.59. The molecule has 0 amide bonds. The molecular formula is C16H23N3O. The molecule has 2 aromatic rings. The molecule has 0 aliphatic carbocycles. The molecule has 0 unspecified atom stereocenters. The lowest BCUT2D eigenvalue weighted by molar-refractivity contribution is 0.191. The van der Waals surface area contributed by atoms with Gasteiger partial charge in [0.05, 0.1) is 13.3 Å². The highest BCUT2D eigenvalue weighted by Gasteiger charge is 2.20. The number of likely N-dealkylation sites (tertiary alicyclic amines) is 1. The first kappa shape index (κ1) is 13.4. The number of nitrogens with zero attached hydrogens (tertiary/aromatic N) is 3. The van der Waals surface area contributed by atoms with E-state index in [0.717, 1.165) is 29.4 Å². The molecule has 1 fully saturated rings. The van der Waals surface area contributed by atoms with Crippen LogP contribution in [0, 0.1) is 5.92 Å². The van der Waals surface area contributed by atoms with Gasteiger partial charge in [-0.3, -0.25) is 0 Å². The van der Waals surface area contributed by atoms with E-state index in [1.807, 2.05) is 18.3 Å². The highest BCUT2D eigenvalue weighted by Crippen LogP contribution is 2.24. The third-order valence-corrected chi connectivity index (χ3v) is 4.45. The number of pyridine rings is 1. The van der Waals surface area contributed by atoms with Crippen LogP contribution in [0.3, 0.4) is 0 Å². The largest absolute Gasteiger partial charge is 0.494 e. The summed E-state index contributed by atoms with van der Waals surface area (Å²) in [4.78, 5) is 7.14. The van der Waals surface area contributed by atoms with Gasteiger partial charge in [-0.15, -0.1) is 0 Å². The topological polar surface area (TPSA) is 29.8 Å². The average molecular weight is 273 g/mol. The van der Waals surface area contributed by atoms with Crippen LogP contribution in [0.1, 0.15) is 25.6 Å². The molecule has 1 aliphatic heterocycles. The van der Waals surface area contributed by atoms with E-state index in [-0.39, 0.29) is 0 Å². The van der Waals surface area contributed by atoms with Gasteiger partial charge >= 0.3 is 0 Å². The number of hydrogen-bond acceptors (Lipinski definition) is 3. The summed E-state index contributed by atoms with van der Waals surface area (Å²) in [7, 11) is 1.71. The highest BCUT2D eigenvalue weighted by molar-refractivity contribution is 5.59. The van der Waals surface area contributed by atoms with Crippen molar-refractivity contribution in [1.82, 2.24) is 14.3 Å². The van der Waals surface area contributed by atoms with E-state index in [2.05, 4.69) is 27.4 Å². The number of fused-ring (bicyclic) bond motifs is 1. The first-order valence-corrected chi connectivity index (χ1v) is 7.53. The fourth-order valence-electron chi connectivity index (χ4n) is 3.14. The van der Waals surface area contributed by atoms with E-state index in [4.69, 9.17) is 4.74 Å². The third kappa shape index (κ3) is 2.52. The molecule has 0 bridgehead atoms. The Hall–Kier alpha value is -1.55. The molecule has 20 heavy (non-hydrogen) atoms. The molecule has 0 aromatic carbocycles. The fourth-order valence-corrected chi connectivity index (χ4v) is 3.14. The Kier molecular flexibility index (Phi) is 3.92. The smallest absolute Gasteiger partial charge is 0.144 e. The molecule has 0 radical (unpaired) electrons. The lowest BCUT2D eigenvalue weighted by atomic mass is 9.93. The maximum atomic E-state index is 5.39. The molecule has 0 N–H and O–H groups in total. The fraction of sp³-hybridized carbons (Fsp3) is 0.562. The molecule has 0 spiro atoms. The van der Waals surface area contributed by atoms with Crippen LogP contribution >= 0.6 is 0 Å². The summed E-state index contributed by atoms with van der Waals surface area (Å²) >= 11 is 0. The van der Waals surface area contributed by atoms with Crippen LogP contribution in [0.25, 0.3) is 5.52 Å². The van der Waals surface area contributed by atoms with Crippen molar-refractivity contribution in [2.45, 2.75) is 26.2 Å². The maximum Gasteiger partial charge on any atom is 0.144 e. The maximum absolute atomic E-state index is 5.39. The molecule has 4 nitrogen and oxygen atoms in total. The van der Waals surface area contributed by atoms with Gasteiger partial charge in [-0.25, -0.2) is 4.98 Å². The first-order valence-electron chi connectivity index (χ1n) is 7.53. The van der Waals surface area contributed by atoms with Gasteiger partial charge in [-0.2, -0.15) is 0 Å². The zero-order valence-electron chi connectivity index (χ0n) is 12.4. The summed E-state index contributed by atoms with van der Waals surface area (Å²) in [5.41, 5.74) is 1.07. The predicted octanol–water partition coefficient (Wildman–Crippen LogP) is 2.62. The van der Waals surface area contributed by atoms with Crippen LogP contribution in [-0.4, -0.2) is 41.0 Å². The van der Waals surface area contributed by atoms with Crippen molar-refractivity contribution in [3.05, 3.63) is 30.4 Å². The van der Waals surface area contributed by atoms with Crippen molar-refractivity contribution in [2.24, 2.45) is 5.92 Å². The standard InChI is InChI=1S/C16H23N3O/c1-3-18-9-6-13(7-10-18)11-16-17-12-14-15(20-2)5-4-8-19(14)16/h4-5,8,12-13H,3,6-7,9-11H2,1-2H3. The summed E-state index contributed by atoms with van der Waals surface area (Å²) in [6.45, 7) is 5.88. The molecule has 4 heteroatoms. The van der Waals surface area contributed by atoms with Gasteiger partial charge in [-0.05, 0) is 50.5 Å². The van der Waals surface area contributed by atoms with E-state index >= 15 is 0 Å². The summed E-state index contributed by atoms with van der Waals surface area (Å²) in [5, 5.41) is 0. The SMILES string of the molecule is CCN1CCC(Cc2ncc3c(OC)cccn23)CC1. The predicted molar refractivity (Wildman–Crippen MR) is 80.3 cm³/mol. The van der Waals surface area contributed by atoms with E-state index in [1.54, 1.807) is 7.11 Å². The average Bonchev–Trinajstić information content (AvgIpc) is 2.91. The van der Waals surface area contributed by atoms with Crippen molar-refractivity contribution in [3.63, 3.8) is 0 Å². The second kappa shape index (κ2) is 5.83. The minimum absolute atomic E-state index is 0.759. The Morgan fingerprint density at radius 3 is 2.85 bits per heavy atom. The molecule has 3 rings (SSSR count). The number of hydrogen-bond donors (Lipinski definition) is 0. The number of ether oxygens (including phenoxy) is 1. The van der Waals surface area contributed by atoms with Crippen molar-refractivity contribution in [2.75, 3.05) is 26.7 Å². The minimum Gasteiger partial charge on any atom is -0.494 e. The summed E-state index contributed by atoms with van der Waals surface area (Å²) < 4.78 is 7.56. The monoisotopic (exact) mass is 273 g/mol. The van der Waals surface area contributed by atoms with Crippen LogP contribution in [0.15, 0.2) is 24.5 Å². The molecule has 3 heterocycles. The lowest BCUT2D eigenvalue weighted by Gasteiger charge is -2.30. The minimum atomic E-state index is 0.759. The Morgan fingerprint density at radius 1 is 1.35 bits per heavy atom. The number of rotatable bonds is 4. The van der Waals surface area contributed by atoms with Gasteiger partial charge in [0.1, 0.15) is 17.1 Å². The third-order valence-electron chi connectivity index (χ3n) is 4.45. The number of imidazole rings is 1. The van der Waals surface area contributed by atoms with E-state index in [9.17, 15) is 0 Å². The zero-order chi connectivity index (χ0) is 13.9. The van der Waals surface area contributed by atoms with Gasteiger partial charge in [0, 0.05) is 12.6 Å². The van der Waals surface area contributed by atoms with Gasteiger partial charge in [0.25, 0.3) is 0 Å². The molecule has 0 saturated carbocycles. The Balaban J connectivity index is 1.75. The summed E-state index contributed by atoms with van der Waals surface area (Å²) in [5.74, 6) is 2.82. The van der Waals surface area contributed by atoms with Crippen molar-refractivity contribution >= 4 is 5.52 Å². The molecule has 0 atom stereocenters. The van der Waals surface area contributed by atoms with Gasteiger partial charge < -0.3 is 14.0 Å². The Morgan fingerprint density at radius 2 is 2.15 bits per heavy atom. The zero-order valence-corrected chi connectivity index (χ0v) is 12.4. The van der Waals surface area contributed by atoms with Crippen LogP contribution in [0.5, 0.6) is 5.75 Å². The highest BCUT2D eigenvalue weighted by atomic mass is 16.5. The van der Waals surface area contributed by atoms with E-state index in [1.165, 1.54) is 32.5 Å². The summed E-state index contributed by atoms with van der Waals surface area (Å²) in [6.07, 6.45) is 7.65. The number of aromatic nitrogens is 2. The lowest BCUT2D eigenvalue weighted by Crippen LogP contribution is -2.34. The molecule has 2 aromatic heterocycles. The quantitative estimate of drug-likeness (QED) is 0.857. The normalized spacial score (nSPS) is 17.7. The van der Waals surface area contributed by atoms with Crippen LogP contribution in [-0.2, 0) is 6.42 Å². The molecule has 108 valence electrons. The first-order chi connectivity index (χ1) is 9.81. The van der Waals surface area contributed by atoms with E-state index in [0.29, 0.717) is 0 Å². The van der Waals surface area contributed by atoms with Gasteiger partial charge in [-0.1, -0.05) is 6.92 Å². The Labute approximate surface area is 120 Å². The van der Waals surface area contributed by atoms with Crippen molar-refractivity contribution in [3.8, 4) is 5.75 Å². The second-order valence-corrected chi connectivity index (χ2v) is 5.59. The molecular weight excluding hydrogens is 250 g/mol. The number of piperidine rings is 1. The van der Waals surface area contributed by atoms with Crippen LogP contribution in [0.2, 0.25) is 0 Å². The molecule has 1 saturated heterocycles. The number of methoxy groups -OCH3 is 1. The summed E-state index contributed by atoms with van der Waals surface area (Å²) in [6, 6.07) is 4.01. The van der Waals surface area contributed by atoms with Gasteiger partial charge in [0.2, 0.25) is 0 Å². The van der Waals surface area contributed by atoms with Crippen LogP contribution < -0.4 is 4.74 Å². The van der Waals surface area contributed by atoms with Crippen molar-refractivity contribution < 1.29 is 4.74 Å². The van der Waals surface area contributed by atoms with Crippen molar-refractivity contribution in [1.29, 1.82) is 0 Å². The van der Waals surface area contributed by atoms with Gasteiger partial charge in [0.15, 0.2) is 0 Å². The van der Waals surface area contributed by atoms with Crippen LogP contribution in [0.4, 0.5) is 0 Å².